The van der Waals surface area contributed by atoms with Crippen LogP contribution in [0.1, 0.15) is 37.2 Å². The maximum absolute atomic E-state index is 13.4. The lowest BCUT2D eigenvalue weighted by molar-refractivity contribution is 0.144. The Hall–Kier alpha value is -1.86. The van der Waals surface area contributed by atoms with E-state index >= 15 is 0 Å². The molecule has 0 amide bonds. The number of hydrogen-bond acceptors (Lipinski definition) is 5. The third kappa shape index (κ3) is 3.79. The molecule has 2 aromatic rings. The molecule has 1 aromatic carbocycles. The third-order valence-corrected chi connectivity index (χ3v) is 4.68. The summed E-state index contributed by atoms with van der Waals surface area (Å²) < 4.78 is 20.3. The first-order chi connectivity index (χ1) is 11.7. The molecule has 0 N–H and O–H groups in total. The van der Waals surface area contributed by atoms with E-state index in [2.05, 4.69) is 27.3 Å². The van der Waals surface area contributed by atoms with Gasteiger partial charge in [-0.3, -0.25) is 4.90 Å². The Morgan fingerprint density at radius 1 is 1.25 bits per heavy atom. The molecule has 0 spiro atoms. The minimum atomic E-state index is -0.233. The van der Waals surface area contributed by atoms with Crippen molar-refractivity contribution in [2.75, 3.05) is 26.8 Å². The van der Waals surface area contributed by atoms with Crippen LogP contribution in [-0.4, -0.2) is 51.9 Å². The molecule has 130 valence electrons. The number of rotatable bonds is 6. The van der Waals surface area contributed by atoms with E-state index in [-0.39, 0.29) is 11.9 Å². The molecule has 1 atom stereocenters. The van der Waals surface area contributed by atoms with Crippen LogP contribution >= 0.6 is 0 Å². The molecule has 6 nitrogen and oxygen atoms in total. The van der Waals surface area contributed by atoms with Crippen LogP contribution < -0.4 is 0 Å². The second kappa shape index (κ2) is 7.81. The van der Waals surface area contributed by atoms with Crippen LogP contribution in [0.3, 0.4) is 0 Å². The highest BCUT2D eigenvalue weighted by Gasteiger charge is 2.30. The lowest BCUT2D eigenvalue weighted by Gasteiger charge is -2.36. The van der Waals surface area contributed by atoms with E-state index in [1.165, 1.54) is 12.1 Å². The number of tetrazole rings is 1. The van der Waals surface area contributed by atoms with E-state index in [1.54, 1.807) is 11.8 Å². The zero-order valence-electron chi connectivity index (χ0n) is 14.2. The van der Waals surface area contributed by atoms with Crippen molar-refractivity contribution in [3.63, 3.8) is 0 Å². The van der Waals surface area contributed by atoms with Crippen molar-refractivity contribution in [3.8, 4) is 0 Å². The van der Waals surface area contributed by atoms with Gasteiger partial charge in [-0.1, -0.05) is 19.1 Å². The summed E-state index contributed by atoms with van der Waals surface area (Å²) in [5.74, 6) is 1.29. The molecule has 7 heteroatoms. The minimum absolute atomic E-state index is 0.0649. The highest BCUT2D eigenvalue weighted by Crippen LogP contribution is 2.31. The van der Waals surface area contributed by atoms with Gasteiger partial charge in [-0.25, -0.2) is 9.07 Å². The average Bonchev–Trinajstić information content (AvgIpc) is 3.05. The second-order valence-electron chi connectivity index (χ2n) is 6.43. The summed E-state index contributed by atoms with van der Waals surface area (Å²) in [5.41, 5.74) is 1.01. The van der Waals surface area contributed by atoms with Gasteiger partial charge in [0, 0.05) is 7.11 Å². The Kier molecular flexibility index (Phi) is 5.52. The number of methoxy groups -OCH3 is 1. The number of aromatic nitrogens is 4. The van der Waals surface area contributed by atoms with E-state index in [0.29, 0.717) is 13.2 Å². The first-order valence-corrected chi connectivity index (χ1v) is 8.43. The molecule has 1 aliphatic heterocycles. The Labute approximate surface area is 141 Å². The zero-order valence-corrected chi connectivity index (χ0v) is 14.2. The van der Waals surface area contributed by atoms with Crippen molar-refractivity contribution in [2.45, 2.75) is 32.4 Å². The predicted octanol–water partition coefficient (Wildman–Crippen LogP) is 2.28. The van der Waals surface area contributed by atoms with Gasteiger partial charge in [-0.05, 0) is 60.0 Å². The third-order valence-electron chi connectivity index (χ3n) is 4.68. The van der Waals surface area contributed by atoms with Crippen molar-refractivity contribution in [3.05, 3.63) is 41.5 Å². The van der Waals surface area contributed by atoms with Gasteiger partial charge in [0.25, 0.3) is 0 Å². The predicted molar refractivity (Wildman–Crippen MR) is 87.9 cm³/mol. The largest absolute Gasteiger partial charge is 0.383 e. The Balaban J connectivity index is 1.92. The Morgan fingerprint density at radius 3 is 2.62 bits per heavy atom. The number of ether oxygens (including phenoxy) is 1. The van der Waals surface area contributed by atoms with Crippen molar-refractivity contribution in [1.82, 2.24) is 25.1 Å². The Morgan fingerprint density at radius 2 is 1.96 bits per heavy atom. The monoisotopic (exact) mass is 333 g/mol. The minimum Gasteiger partial charge on any atom is -0.383 e. The van der Waals surface area contributed by atoms with Crippen LogP contribution in [-0.2, 0) is 11.3 Å². The first kappa shape index (κ1) is 17.0. The van der Waals surface area contributed by atoms with E-state index in [1.807, 2.05) is 12.1 Å². The number of benzene rings is 1. The first-order valence-electron chi connectivity index (χ1n) is 8.43. The van der Waals surface area contributed by atoms with Gasteiger partial charge in [-0.15, -0.1) is 5.10 Å². The summed E-state index contributed by atoms with van der Waals surface area (Å²) in [6.07, 6.45) is 2.30. The molecular weight excluding hydrogens is 309 g/mol. The van der Waals surface area contributed by atoms with Crippen molar-refractivity contribution >= 4 is 0 Å². The zero-order chi connectivity index (χ0) is 16.9. The summed E-state index contributed by atoms with van der Waals surface area (Å²) in [5, 5.41) is 12.2. The van der Waals surface area contributed by atoms with Crippen LogP contribution in [0, 0.1) is 11.7 Å². The molecule has 0 bridgehead atoms. The van der Waals surface area contributed by atoms with Crippen LogP contribution in [0.4, 0.5) is 4.39 Å². The molecule has 0 unspecified atom stereocenters. The molecule has 0 radical (unpaired) electrons. The number of nitrogens with zero attached hydrogens (tertiary/aromatic N) is 5. The van der Waals surface area contributed by atoms with Crippen molar-refractivity contribution < 1.29 is 9.13 Å². The molecular formula is C17H24FN5O. The summed E-state index contributed by atoms with van der Waals surface area (Å²) >= 11 is 0. The number of piperidine rings is 1. The quantitative estimate of drug-likeness (QED) is 0.812. The fourth-order valence-electron chi connectivity index (χ4n) is 3.20. The van der Waals surface area contributed by atoms with Gasteiger partial charge in [0.1, 0.15) is 5.82 Å². The van der Waals surface area contributed by atoms with E-state index in [4.69, 9.17) is 4.74 Å². The fraction of sp³-hybridized carbons (Fsp3) is 0.588. The van der Waals surface area contributed by atoms with Gasteiger partial charge in [0.15, 0.2) is 5.82 Å². The molecule has 1 aromatic heterocycles. The van der Waals surface area contributed by atoms with Crippen LogP contribution in [0.15, 0.2) is 24.3 Å². The number of halogens is 1. The molecule has 0 saturated carbocycles. The normalized spacial score (nSPS) is 18.0. The summed E-state index contributed by atoms with van der Waals surface area (Å²) in [7, 11) is 1.66. The molecule has 2 heterocycles. The van der Waals surface area contributed by atoms with Crippen LogP contribution in [0.5, 0.6) is 0 Å². The molecule has 1 fully saturated rings. The highest BCUT2D eigenvalue weighted by molar-refractivity contribution is 5.25. The smallest absolute Gasteiger partial charge is 0.173 e. The summed E-state index contributed by atoms with van der Waals surface area (Å²) in [6.45, 7) is 5.40. The molecule has 1 saturated heterocycles. The molecule has 3 rings (SSSR count). The SMILES string of the molecule is COCCn1nnnc1[C@@H](c1ccc(F)cc1)N1CCC(C)CC1. The molecule has 1 aliphatic rings. The molecule has 0 aliphatic carbocycles. The maximum Gasteiger partial charge on any atom is 0.173 e. The van der Waals surface area contributed by atoms with Gasteiger partial charge in [-0.2, -0.15) is 0 Å². The molecule has 24 heavy (non-hydrogen) atoms. The number of hydrogen-bond donors (Lipinski definition) is 0. The van der Waals surface area contributed by atoms with E-state index < -0.39 is 0 Å². The van der Waals surface area contributed by atoms with E-state index in [9.17, 15) is 4.39 Å². The van der Waals surface area contributed by atoms with Gasteiger partial charge in [0.2, 0.25) is 0 Å². The number of likely N-dealkylation sites (tertiary alicyclic amines) is 1. The topological polar surface area (TPSA) is 56.1 Å². The van der Waals surface area contributed by atoms with Gasteiger partial charge in [0.05, 0.1) is 19.2 Å². The summed E-state index contributed by atoms with van der Waals surface area (Å²) in [4.78, 5) is 2.39. The fourth-order valence-corrected chi connectivity index (χ4v) is 3.20. The van der Waals surface area contributed by atoms with Crippen LogP contribution in [0.25, 0.3) is 0 Å². The second-order valence-corrected chi connectivity index (χ2v) is 6.43. The van der Waals surface area contributed by atoms with Gasteiger partial charge >= 0.3 is 0 Å². The highest BCUT2D eigenvalue weighted by atomic mass is 19.1. The maximum atomic E-state index is 13.4. The van der Waals surface area contributed by atoms with Crippen LogP contribution in [0.2, 0.25) is 0 Å². The summed E-state index contributed by atoms with van der Waals surface area (Å²) in [6, 6.07) is 6.59. The average molecular weight is 333 g/mol. The lowest BCUT2D eigenvalue weighted by Crippen LogP contribution is -2.38. The van der Waals surface area contributed by atoms with Gasteiger partial charge < -0.3 is 4.74 Å². The van der Waals surface area contributed by atoms with Crippen molar-refractivity contribution in [1.29, 1.82) is 0 Å². The van der Waals surface area contributed by atoms with E-state index in [0.717, 1.165) is 43.2 Å². The lowest BCUT2D eigenvalue weighted by atomic mass is 9.95. The van der Waals surface area contributed by atoms with Crippen molar-refractivity contribution in [2.24, 2.45) is 5.92 Å². The Bertz CT molecular complexity index is 637. The standard InChI is InChI=1S/C17H24FN5O/c1-13-7-9-22(10-8-13)16(14-3-5-15(18)6-4-14)17-19-20-21-23(17)11-12-24-2/h3-6,13,16H,7-12H2,1-2H3/t16-/m1/s1.